The molecule has 11 heteroatoms. The van der Waals surface area contributed by atoms with Crippen LogP contribution in [0.2, 0.25) is 18.1 Å². The van der Waals surface area contributed by atoms with Crippen molar-refractivity contribution in [2.24, 2.45) is 5.14 Å². The monoisotopic (exact) mass is 491 g/mol. The summed E-state index contributed by atoms with van der Waals surface area (Å²) in [5, 5.41) is 4.84. The molecule has 0 heterocycles. The molecule has 2 N–H and O–H groups in total. The van der Waals surface area contributed by atoms with Crippen molar-refractivity contribution in [3.8, 4) is 11.8 Å². The summed E-state index contributed by atoms with van der Waals surface area (Å²) < 4.78 is 62.5. The lowest BCUT2D eigenvalue weighted by atomic mass is 10.2. The minimum atomic E-state index is -4.09. The van der Waals surface area contributed by atoms with Gasteiger partial charge in [-0.3, -0.25) is 8.37 Å². The predicted octanol–water partition coefficient (Wildman–Crippen LogP) is 3.09. The van der Waals surface area contributed by atoms with E-state index in [1.165, 1.54) is 12.1 Å². The van der Waals surface area contributed by atoms with Crippen LogP contribution in [0.4, 0.5) is 0 Å². The lowest BCUT2D eigenvalue weighted by Gasteiger charge is -2.38. The summed E-state index contributed by atoms with van der Waals surface area (Å²) in [6.07, 6.45) is -0.176. The molecule has 0 aliphatic carbocycles. The van der Waals surface area contributed by atoms with Crippen LogP contribution < -0.4 is 5.14 Å². The van der Waals surface area contributed by atoms with Crippen LogP contribution >= 0.6 is 0 Å². The Morgan fingerprint density at radius 2 is 1.61 bits per heavy atom. The van der Waals surface area contributed by atoms with Crippen molar-refractivity contribution >= 4 is 28.7 Å². The van der Waals surface area contributed by atoms with Crippen molar-refractivity contribution in [1.29, 1.82) is 0 Å². The molecule has 1 aromatic rings. The Kier molecular flexibility index (Phi) is 9.90. The molecule has 0 amide bonds. The molecule has 1 rings (SSSR count). The van der Waals surface area contributed by atoms with E-state index in [4.69, 9.17) is 17.9 Å². The van der Waals surface area contributed by atoms with Gasteiger partial charge in [-0.2, -0.15) is 16.8 Å². The fourth-order valence-corrected chi connectivity index (χ4v) is 4.74. The fourth-order valence-electron chi connectivity index (χ4n) is 2.15. The van der Waals surface area contributed by atoms with Gasteiger partial charge in [0.2, 0.25) is 0 Å². The minimum absolute atomic E-state index is 0.0849. The lowest BCUT2D eigenvalue weighted by Crippen LogP contribution is -2.45. The standard InChI is InChI=1S/C20H33NO7S2Si/c1-17-11-13-19(14-12-17)29(22,23)26-15-9-7-8-10-18(16-27-30(21,24)25)28-31(5,6)20(2,3)4/h11-14,18H,9-10,15-16H2,1-6H3,(H2,21,24,25). The first-order chi connectivity index (χ1) is 14.0. The predicted molar refractivity (Wildman–Crippen MR) is 122 cm³/mol. The van der Waals surface area contributed by atoms with Gasteiger partial charge >= 0.3 is 10.3 Å². The van der Waals surface area contributed by atoms with Crippen LogP contribution in [0, 0.1) is 18.8 Å². The van der Waals surface area contributed by atoms with Gasteiger partial charge in [0.15, 0.2) is 8.32 Å². The number of nitrogens with two attached hydrogens (primary N) is 1. The van der Waals surface area contributed by atoms with E-state index in [0.29, 0.717) is 0 Å². The maximum atomic E-state index is 12.1. The van der Waals surface area contributed by atoms with E-state index >= 15 is 0 Å². The third kappa shape index (κ3) is 10.3. The van der Waals surface area contributed by atoms with E-state index < -0.39 is 34.8 Å². The third-order valence-corrected chi connectivity index (χ3v) is 11.2. The Labute approximate surface area is 188 Å². The van der Waals surface area contributed by atoms with Gasteiger partial charge in [0.05, 0.1) is 24.2 Å². The van der Waals surface area contributed by atoms with E-state index in [0.717, 1.165) is 5.56 Å². The molecule has 176 valence electrons. The molecule has 0 radical (unpaired) electrons. The summed E-state index contributed by atoms with van der Waals surface area (Å²) in [6, 6.07) is 6.37. The van der Waals surface area contributed by atoms with Gasteiger partial charge in [0, 0.05) is 12.8 Å². The second-order valence-corrected chi connectivity index (χ2v) is 16.3. The van der Waals surface area contributed by atoms with Crippen LogP contribution in [-0.2, 0) is 33.2 Å². The Hall–Kier alpha value is -1.26. The van der Waals surface area contributed by atoms with Crippen molar-refractivity contribution in [2.75, 3.05) is 13.2 Å². The molecular formula is C20H33NO7S2Si. The van der Waals surface area contributed by atoms with E-state index in [9.17, 15) is 16.8 Å². The van der Waals surface area contributed by atoms with Crippen molar-refractivity contribution in [3.05, 3.63) is 29.8 Å². The largest absolute Gasteiger partial charge is 0.411 e. The minimum Gasteiger partial charge on any atom is -0.411 e. The van der Waals surface area contributed by atoms with Gasteiger partial charge in [-0.15, -0.1) is 11.8 Å². The molecule has 1 unspecified atom stereocenters. The van der Waals surface area contributed by atoms with Gasteiger partial charge in [-0.1, -0.05) is 38.5 Å². The van der Waals surface area contributed by atoms with E-state index in [1.807, 2.05) is 20.0 Å². The van der Waals surface area contributed by atoms with Crippen molar-refractivity contribution in [2.45, 2.75) is 69.7 Å². The highest BCUT2D eigenvalue weighted by Gasteiger charge is 2.39. The summed E-state index contributed by atoms with van der Waals surface area (Å²) in [5.41, 5.74) is 0.950. The van der Waals surface area contributed by atoms with Crippen molar-refractivity contribution < 1.29 is 29.6 Å². The SMILES string of the molecule is Cc1ccc(S(=O)(=O)OCCC#CCC(COS(N)(=O)=O)O[Si](C)(C)C(C)(C)C)cc1. The molecule has 0 spiro atoms. The molecule has 31 heavy (non-hydrogen) atoms. The highest BCUT2D eigenvalue weighted by molar-refractivity contribution is 7.86. The van der Waals surface area contributed by atoms with Crippen LogP contribution in [0.25, 0.3) is 0 Å². The Balaban J connectivity index is 2.67. The average molecular weight is 492 g/mol. The zero-order chi connectivity index (χ0) is 23.9. The molecular weight excluding hydrogens is 458 g/mol. The molecule has 0 aliphatic rings. The molecule has 0 aromatic heterocycles. The van der Waals surface area contributed by atoms with Gasteiger partial charge in [0.1, 0.15) is 0 Å². The van der Waals surface area contributed by atoms with Gasteiger partial charge in [-0.25, -0.2) is 5.14 Å². The third-order valence-electron chi connectivity index (χ3n) is 4.92. The summed E-state index contributed by atoms with van der Waals surface area (Å²) in [5.74, 6) is 5.72. The van der Waals surface area contributed by atoms with E-state index in [1.54, 1.807) is 12.1 Å². The molecule has 0 saturated carbocycles. The second kappa shape index (κ2) is 11.0. The average Bonchev–Trinajstić information content (AvgIpc) is 2.61. The van der Waals surface area contributed by atoms with Gasteiger partial charge < -0.3 is 4.43 Å². The smallest absolute Gasteiger partial charge is 0.333 e. The molecule has 1 aromatic carbocycles. The molecule has 0 saturated heterocycles. The second-order valence-electron chi connectivity index (χ2n) is 8.67. The quantitative estimate of drug-likeness (QED) is 0.231. The molecule has 1 atom stereocenters. The topological polar surface area (TPSA) is 122 Å². The zero-order valence-corrected chi connectivity index (χ0v) is 21.6. The Morgan fingerprint density at radius 3 is 2.13 bits per heavy atom. The maximum Gasteiger partial charge on any atom is 0.333 e. The Bertz CT molecular complexity index is 987. The van der Waals surface area contributed by atoms with Crippen molar-refractivity contribution in [1.82, 2.24) is 0 Å². The fraction of sp³-hybridized carbons (Fsp3) is 0.600. The number of hydrogen-bond donors (Lipinski definition) is 1. The number of aryl methyl sites for hydroxylation is 1. The van der Waals surface area contributed by atoms with E-state index in [-0.39, 0.29) is 36.0 Å². The van der Waals surface area contributed by atoms with Crippen LogP contribution in [0.3, 0.4) is 0 Å². The summed E-state index contributed by atoms with van der Waals surface area (Å²) >= 11 is 0. The molecule has 0 aliphatic heterocycles. The molecule has 0 bridgehead atoms. The van der Waals surface area contributed by atoms with E-state index in [2.05, 4.69) is 32.6 Å². The highest BCUT2D eigenvalue weighted by atomic mass is 32.2. The van der Waals surface area contributed by atoms with Crippen molar-refractivity contribution in [3.63, 3.8) is 0 Å². The van der Waals surface area contributed by atoms with Crippen LogP contribution in [0.5, 0.6) is 0 Å². The van der Waals surface area contributed by atoms with Crippen LogP contribution in [0.15, 0.2) is 29.2 Å². The first-order valence-corrected chi connectivity index (χ1v) is 15.6. The Morgan fingerprint density at radius 1 is 1.03 bits per heavy atom. The zero-order valence-electron chi connectivity index (χ0n) is 19.0. The number of benzene rings is 1. The summed E-state index contributed by atoms with van der Waals surface area (Å²) in [4.78, 5) is 0.0917. The lowest BCUT2D eigenvalue weighted by molar-refractivity contribution is 0.122. The summed E-state index contributed by atoms with van der Waals surface area (Å²) in [7, 11) is -10.1. The van der Waals surface area contributed by atoms with Gasteiger partial charge in [0.25, 0.3) is 10.1 Å². The van der Waals surface area contributed by atoms with Gasteiger partial charge in [-0.05, 0) is 37.2 Å². The first-order valence-electron chi connectivity index (χ1n) is 9.80. The molecule has 8 nitrogen and oxygen atoms in total. The maximum absolute atomic E-state index is 12.1. The molecule has 0 fully saturated rings. The summed E-state index contributed by atoms with van der Waals surface area (Å²) in [6.45, 7) is 11.8. The van der Waals surface area contributed by atoms with Crippen LogP contribution in [0.1, 0.15) is 39.2 Å². The number of hydrogen-bond acceptors (Lipinski definition) is 7. The normalized spacial score (nSPS) is 14.0. The van der Waals surface area contributed by atoms with Crippen LogP contribution in [-0.4, -0.2) is 44.5 Å². The number of rotatable bonds is 10. The highest BCUT2D eigenvalue weighted by Crippen LogP contribution is 2.37. The first kappa shape index (κ1) is 27.8.